The molecule has 1 saturated heterocycles. The number of benzene rings is 2. The fourth-order valence-electron chi connectivity index (χ4n) is 4.67. The van der Waals surface area contributed by atoms with E-state index in [1.165, 1.54) is 16.7 Å². The molecule has 4 heteroatoms. The van der Waals surface area contributed by atoms with Crippen molar-refractivity contribution in [2.75, 3.05) is 32.8 Å². The maximum absolute atomic E-state index is 6.76. The largest absolute Gasteiger partial charge is 0.486 e. The van der Waals surface area contributed by atoms with Crippen LogP contribution in [0.3, 0.4) is 0 Å². The average Bonchev–Trinajstić information content (AvgIpc) is 2.89. The van der Waals surface area contributed by atoms with Crippen LogP contribution in [0.25, 0.3) is 0 Å². The van der Waals surface area contributed by atoms with Crippen LogP contribution in [0.5, 0.6) is 11.5 Å². The van der Waals surface area contributed by atoms with Gasteiger partial charge in [0.15, 0.2) is 0 Å². The number of terminal acetylenes is 1. The van der Waals surface area contributed by atoms with E-state index in [2.05, 4.69) is 59.9 Å². The minimum Gasteiger partial charge on any atom is -0.486 e. The summed E-state index contributed by atoms with van der Waals surface area (Å²) in [4.78, 5) is 5.05. The number of fused-ring (bicyclic) bond motifs is 1. The van der Waals surface area contributed by atoms with E-state index in [0.29, 0.717) is 6.61 Å². The van der Waals surface area contributed by atoms with Gasteiger partial charge in [-0.25, -0.2) is 0 Å². The van der Waals surface area contributed by atoms with Gasteiger partial charge in [-0.15, -0.1) is 6.42 Å². The highest BCUT2D eigenvalue weighted by atomic mass is 16.5. The van der Waals surface area contributed by atoms with Crippen LogP contribution in [0, 0.1) is 19.3 Å². The second-order valence-electron chi connectivity index (χ2n) is 8.62. The summed E-state index contributed by atoms with van der Waals surface area (Å²) in [6.45, 7) is 10.7. The van der Waals surface area contributed by atoms with Crippen LogP contribution in [0.2, 0.25) is 0 Å². The lowest BCUT2D eigenvalue weighted by Gasteiger charge is -2.42. The normalized spacial score (nSPS) is 18.8. The molecule has 2 aliphatic rings. The van der Waals surface area contributed by atoms with E-state index < -0.39 is 0 Å². The quantitative estimate of drug-likeness (QED) is 0.696. The standard InChI is InChI=1S/C26H32N2O2/c1-4-15-29-24-8-6-7-22(17-24)18-28-19-23-16-21(3)9-10-25(23)30-26(20-28)11-13-27(5-2)14-12-26/h1,6-10,16-17H,5,11-15,18-20H2,2-3H3. The molecule has 0 aromatic heterocycles. The Labute approximate surface area is 180 Å². The molecule has 0 bridgehead atoms. The summed E-state index contributed by atoms with van der Waals surface area (Å²) in [6, 6.07) is 14.9. The molecule has 0 radical (unpaired) electrons. The fraction of sp³-hybridized carbons (Fsp3) is 0.462. The molecule has 30 heavy (non-hydrogen) atoms. The highest BCUT2D eigenvalue weighted by Gasteiger charge is 2.40. The number of hydrogen-bond donors (Lipinski definition) is 0. The van der Waals surface area contributed by atoms with Crippen molar-refractivity contribution in [3.63, 3.8) is 0 Å². The van der Waals surface area contributed by atoms with Crippen molar-refractivity contribution >= 4 is 0 Å². The number of aryl methyl sites for hydroxylation is 1. The number of rotatable bonds is 5. The summed E-state index contributed by atoms with van der Waals surface area (Å²) in [5.74, 6) is 4.42. The van der Waals surface area contributed by atoms with Gasteiger partial charge < -0.3 is 14.4 Å². The van der Waals surface area contributed by atoms with Gasteiger partial charge in [-0.2, -0.15) is 0 Å². The lowest BCUT2D eigenvalue weighted by Crippen LogP contribution is -2.53. The first-order valence-corrected chi connectivity index (χ1v) is 11.0. The van der Waals surface area contributed by atoms with Crippen molar-refractivity contribution in [3.8, 4) is 23.8 Å². The van der Waals surface area contributed by atoms with E-state index in [4.69, 9.17) is 15.9 Å². The summed E-state index contributed by atoms with van der Waals surface area (Å²) in [6.07, 6.45) is 7.47. The van der Waals surface area contributed by atoms with E-state index in [1.54, 1.807) is 0 Å². The van der Waals surface area contributed by atoms with Gasteiger partial charge in [0.1, 0.15) is 23.7 Å². The molecule has 1 spiro atoms. The first-order chi connectivity index (χ1) is 14.6. The molecule has 0 atom stereocenters. The van der Waals surface area contributed by atoms with Crippen LogP contribution in [-0.4, -0.2) is 48.2 Å². The minimum atomic E-state index is -0.121. The Morgan fingerprint density at radius 2 is 1.97 bits per heavy atom. The molecule has 2 heterocycles. The van der Waals surface area contributed by atoms with Crippen molar-refractivity contribution in [2.24, 2.45) is 0 Å². The number of nitrogens with zero attached hydrogens (tertiary/aromatic N) is 2. The molecule has 2 aliphatic heterocycles. The molecule has 4 rings (SSSR count). The second kappa shape index (κ2) is 9.12. The third-order valence-electron chi connectivity index (χ3n) is 6.29. The predicted octanol–water partition coefficient (Wildman–Crippen LogP) is 4.26. The Kier molecular flexibility index (Phi) is 6.32. The third kappa shape index (κ3) is 4.80. The molecular formula is C26H32N2O2. The highest BCUT2D eigenvalue weighted by molar-refractivity contribution is 5.38. The topological polar surface area (TPSA) is 24.9 Å². The van der Waals surface area contributed by atoms with Crippen molar-refractivity contribution in [3.05, 3.63) is 59.2 Å². The van der Waals surface area contributed by atoms with Gasteiger partial charge in [0, 0.05) is 51.1 Å². The molecular weight excluding hydrogens is 372 g/mol. The van der Waals surface area contributed by atoms with E-state index in [0.717, 1.165) is 63.6 Å². The average molecular weight is 405 g/mol. The van der Waals surface area contributed by atoms with Gasteiger partial charge in [0.25, 0.3) is 0 Å². The molecule has 0 aliphatic carbocycles. The first kappa shape index (κ1) is 20.8. The molecule has 4 nitrogen and oxygen atoms in total. The molecule has 2 aromatic carbocycles. The summed E-state index contributed by atoms with van der Waals surface area (Å²) in [5.41, 5.74) is 3.68. The van der Waals surface area contributed by atoms with Crippen molar-refractivity contribution in [2.45, 2.75) is 45.4 Å². The highest BCUT2D eigenvalue weighted by Crippen LogP contribution is 2.36. The monoisotopic (exact) mass is 404 g/mol. The predicted molar refractivity (Wildman–Crippen MR) is 121 cm³/mol. The fourth-order valence-corrected chi connectivity index (χ4v) is 4.67. The summed E-state index contributed by atoms with van der Waals surface area (Å²) < 4.78 is 12.4. The van der Waals surface area contributed by atoms with Gasteiger partial charge in [0.2, 0.25) is 0 Å². The number of likely N-dealkylation sites (tertiary alicyclic amines) is 1. The SMILES string of the molecule is C#CCOc1cccc(CN2Cc3cc(C)ccc3OC3(CCN(CC)CC3)C2)c1. The van der Waals surface area contributed by atoms with Crippen LogP contribution in [0.1, 0.15) is 36.5 Å². The van der Waals surface area contributed by atoms with Crippen LogP contribution in [-0.2, 0) is 13.1 Å². The molecule has 0 saturated carbocycles. The van der Waals surface area contributed by atoms with Crippen LogP contribution >= 0.6 is 0 Å². The van der Waals surface area contributed by atoms with Gasteiger partial charge >= 0.3 is 0 Å². The molecule has 158 valence electrons. The summed E-state index contributed by atoms with van der Waals surface area (Å²) >= 11 is 0. The molecule has 0 unspecified atom stereocenters. The van der Waals surface area contributed by atoms with Crippen LogP contribution in [0.15, 0.2) is 42.5 Å². The van der Waals surface area contributed by atoms with Crippen molar-refractivity contribution < 1.29 is 9.47 Å². The lowest BCUT2D eigenvalue weighted by molar-refractivity contribution is -0.0186. The Hall–Kier alpha value is -2.48. The smallest absolute Gasteiger partial charge is 0.148 e. The van der Waals surface area contributed by atoms with E-state index in [9.17, 15) is 0 Å². The number of piperidine rings is 1. The molecule has 0 amide bonds. The second-order valence-corrected chi connectivity index (χ2v) is 8.62. The first-order valence-electron chi connectivity index (χ1n) is 11.0. The minimum absolute atomic E-state index is 0.121. The van der Waals surface area contributed by atoms with E-state index in [1.807, 2.05) is 12.1 Å². The van der Waals surface area contributed by atoms with Crippen LogP contribution < -0.4 is 9.47 Å². The molecule has 2 aromatic rings. The van der Waals surface area contributed by atoms with Crippen LogP contribution in [0.4, 0.5) is 0 Å². The summed E-state index contributed by atoms with van der Waals surface area (Å²) in [5, 5.41) is 0. The van der Waals surface area contributed by atoms with Gasteiger partial charge in [-0.05, 0) is 37.2 Å². The van der Waals surface area contributed by atoms with Crippen molar-refractivity contribution in [1.29, 1.82) is 0 Å². The zero-order valence-corrected chi connectivity index (χ0v) is 18.2. The summed E-state index contributed by atoms with van der Waals surface area (Å²) in [7, 11) is 0. The molecule has 0 N–H and O–H groups in total. The number of hydrogen-bond acceptors (Lipinski definition) is 4. The maximum Gasteiger partial charge on any atom is 0.148 e. The Balaban J connectivity index is 1.58. The van der Waals surface area contributed by atoms with Gasteiger partial charge in [-0.3, -0.25) is 4.90 Å². The zero-order chi connectivity index (χ0) is 21.0. The Bertz CT molecular complexity index is 909. The lowest BCUT2D eigenvalue weighted by atomic mass is 9.90. The van der Waals surface area contributed by atoms with Crippen molar-refractivity contribution in [1.82, 2.24) is 9.80 Å². The maximum atomic E-state index is 6.76. The zero-order valence-electron chi connectivity index (χ0n) is 18.2. The molecule has 1 fully saturated rings. The van der Waals surface area contributed by atoms with E-state index >= 15 is 0 Å². The third-order valence-corrected chi connectivity index (χ3v) is 6.29. The van der Waals surface area contributed by atoms with Gasteiger partial charge in [-0.1, -0.05) is 42.7 Å². The Morgan fingerprint density at radius 1 is 1.13 bits per heavy atom. The number of ether oxygens (including phenoxy) is 2. The Morgan fingerprint density at radius 3 is 2.73 bits per heavy atom. The van der Waals surface area contributed by atoms with Gasteiger partial charge in [0.05, 0.1) is 0 Å². The van der Waals surface area contributed by atoms with E-state index in [-0.39, 0.29) is 5.60 Å².